The van der Waals surface area contributed by atoms with Crippen LogP contribution in [0.25, 0.3) is 10.8 Å². The second-order valence-electron chi connectivity index (χ2n) is 9.32. The monoisotopic (exact) mass is 428 g/mol. The summed E-state index contributed by atoms with van der Waals surface area (Å²) < 4.78 is 0. The maximum atomic E-state index is 9.34. The number of hydrogen-bond acceptors (Lipinski definition) is 8. The van der Waals surface area contributed by atoms with Crippen molar-refractivity contribution >= 4 is 22.4 Å². The predicted octanol–water partition coefficient (Wildman–Crippen LogP) is 2.72. The van der Waals surface area contributed by atoms with Crippen molar-refractivity contribution in [3.63, 3.8) is 0 Å². The Kier molecular flexibility index (Phi) is 4.96. The number of nitrogens with two attached hydrogens (primary N) is 1. The first kappa shape index (κ1) is 20.6. The van der Waals surface area contributed by atoms with Gasteiger partial charge in [0.2, 0.25) is 0 Å². The van der Waals surface area contributed by atoms with Crippen molar-refractivity contribution in [3.05, 3.63) is 52.8 Å². The first-order chi connectivity index (χ1) is 15.4. The topological polar surface area (TPSA) is 107 Å². The molecule has 3 N–H and O–H groups in total. The number of aryl methyl sites for hydroxylation is 1. The van der Waals surface area contributed by atoms with Crippen LogP contribution in [0.3, 0.4) is 0 Å². The third-order valence-corrected chi connectivity index (χ3v) is 6.96. The number of pyridine rings is 1. The minimum Gasteiger partial charge on any atom is -0.355 e. The Bertz CT molecular complexity index is 1220. The zero-order valence-electron chi connectivity index (χ0n) is 18.8. The summed E-state index contributed by atoms with van der Waals surface area (Å²) in [7, 11) is 2.20. The molecule has 2 saturated heterocycles. The van der Waals surface area contributed by atoms with Crippen LogP contribution in [0.1, 0.15) is 35.0 Å². The van der Waals surface area contributed by atoms with Gasteiger partial charge in [-0.05, 0) is 57.1 Å². The highest BCUT2D eigenvalue weighted by Crippen LogP contribution is 2.41. The molecular weight excluding hydrogens is 400 g/mol. The molecule has 2 aromatic heterocycles. The summed E-state index contributed by atoms with van der Waals surface area (Å²) >= 11 is 0. The summed E-state index contributed by atoms with van der Waals surface area (Å²) in [4.78, 5) is 9.49. The lowest BCUT2D eigenvalue weighted by molar-refractivity contribution is 0.216. The van der Waals surface area contributed by atoms with E-state index in [4.69, 9.17) is 10.7 Å². The second kappa shape index (κ2) is 7.69. The van der Waals surface area contributed by atoms with E-state index in [9.17, 15) is 5.26 Å². The SMILES string of the molecule is Cc1c(C#N)cccc1[C@@H](N)Nc1nnc(C)c2cnc(N3CC4(CCN(C)C4)C3)cc12. The lowest BCUT2D eigenvalue weighted by Crippen LogP contribution is -2.57. The highest BCUT2D eigenvalue weighted by Gasteiger charge is 2.47. The number of fused-ring (bicyclic) bond motifs is 1. The number of rotatable bonds is 4. The fraction of sp³-hybridized carbons (Fsp3) is 0.417. The molecular formula is C24H28N8. The van der Waals surface area contributed by atoms with Crippen LogP contribution in [0.15, 0.2) is 30.5 Å². The molecule has 8 heteroatoms. The lowest BCUT2D eigenvalue weighted by Gasteiger charge is -2.48. The van der Waals surface area contributed by atoms with Gasteiger partial charge in [0, 0.05) is 42.0 Å². The Morgan fingerprint density at radius 3 is 2.72 bits per heavy atom. The molecule has 0 unspecified atom stereocenters. The van der Waals surface area contributed by atoms with Gasteiger partial charge in [-0.1, -0.05) is 12.1 Å². The molecule has 0 bridgehead atoms. The van der Waals surface area contributed by atoms with Gasteiger partial charge in [0.25, 0.3) is 0 Å². The summed E-state index contributed by atoms with van der Waals surface area (Å²) in [5.74, 6) is 1.59. The van der Waals surface area contributed by atoms with Gasteiger partial charge in [0.1, 0.15) is 12.0 Å². The highest BCUT2D eigenvalue weighted by atomic mass is 15.3. The summed E-state index contributed by atoms with van der Waals surface area (Å²) in [6, 6.07) is 9.90. The van der Waals surface area contributed by atoms with E-state index in [0.29, 0.717) is 16.8 Å². The van der Waals surface area contributed by atoms with Gasteiger partial charge < -0.3 is 20.9 Å². The minimum atomic E-state index is -0.513. The van der Waals surface area contributed by atoms with Crippen LogP contribution < -0.4 is 16.0 Å². The number of anilines is 2. The van der Waals surface area contributed by atoms with Gasteiger partial charge in [0.15, 0.2) is 5.82 Å². The van der Waals surface area contributed by atoms with E-state index in [1.165, 1.54) is 13.0 Å². The molecule has 0 amide bonds. The first-order valence-corrected chi connectivity index (χ1v) is 11.0. The van der Waals surface area contributed by atoms with Crippen LogP contribution in [-0.4, -0.2) is 53.3 Å². The number of likely N-dealkylation sites (tertiary alicyclic amines) is 1. The average molecular weight is 429 g/mol. The molecule has 4 heterocycles. The van der Waals surface area contributed by atoms with Crippen molar-refractivity contribution < 1.29 is 0 Å². The van der Waals surface area contributed by atoms with Crippen molar-refractivity contribution in [1.29, 1.82) is 5.26 Å². The number of aromatic nitrogens is 3. The normalized spacial score (nSPS) is 18.5. The average Bonchev–Trinajstić information content (AvgIpc) is 3.16. The van der Waals surface area contributed by atoms with Crippen LogP contribution in [0.5, 0.6) is 0 Å². The van der Waals surface area contributed by atoms with Crippen molar-refractivity contribution in [2.45, 2.75) is 26.4 Å². The zero-order chi connectivity index (χ0) is 22.5. The summed E-state index contributed by atoms with van der Waals surface area (Å²) in [6.45, 7) is 8.26. The van der Waals surface area contributed by atoms with Gasteiger partial charge in [-0.3, -0.25) is 0 Å². The fourth-order valence-corrected chi connectivity index (χ4v) is 5.12. The molecule has 32 heavy (non-hydrogen) atoms. The van der Waals surface area contributed by atoms with Crippen molar-refractivity contribution in [3.8, 4) is 6.07 Å². The van der Waals surface area contributed by atoms with Gasteiger partial charge in [0.05, 0.1) is 17.3 Å². The fourth-order valence-electron chi connectivity index (χ4n) is 5.12. The largest absolute Gasteiger partial charge is 0.355 e. The molecule has 0 saturated carbocycles. The molecule has 2 fully saturated rings. The molecule has 3 aromatic rings. The van der Waals surface area contributed by atoms with Gasteiger partial charge in [-0.15, -0.1) is 5.10 Å². The third kappa shape index (κ3) is 3.44. The Morgan fingerprint density at radius 2 is 2.00 bits per heavy atom. The highest BCUT2D eigenvalue weighted by molar-refractivity contribution is 5.94. The van der Waals surface area contributed by atoms with E-state index in [1.54, 1.807) is 6.07 Å². The van der Waals surface area contributed by atoms with E-state index in [2.05, 4.69) is 44.5 Å². The number of nitriles is 1. The van der Waals surface area contributed by atoms with E-state index in [1.807, 2.05) is 32.2 Å². The maximum Gasteiger partial charge on any atom is 0.158 e. The number of nitrogens with zero attached hydrogens (tertiary/aromatic N) is 6. The molecule has 1 atom stereocenters. The minimum absolute atomic E-state index is 0.407. The van der Waals surface area contributed by atoms with E-state index >= 15 is 0 Å². The Morgan fingerprint density at radius 1 is 1.19 bits per heavy atom. The molecule has 164 valence electrons. The van der Waals surface area contributed by atoms with E-state index in [0.717, 1.165) is 53.0 Å². The molecule has 2 aliphatic rings. The zero-order valence-corrected chi connectivity index (χ0v) is 18.8. The number of benzene rings is 1. The Hall–Kier alpha value is -3.28. The number of hydrogen-bond donors (Lipinski definition) is 2. The van der Waals surface area contributed by atoms with Crippen LogP contribution >= 0.6 is 0 Å². The van der Waals surface area contributed by atoms with Crippen LogP contribution in [0, 0.1) is 30.6 Å². The molecule has 2 aliphatic heterocycles. The summed E-state index contributed by atoms with van der Waals surface area (Å²) in [5, 5.41) is 23.3. The third-order valence-electron chi connectivity index (χ3n) is 6.96. The van der Waals surface area contributed by atoms with Gasteiger partial charge in [-0.25, -0.2) is 4.98 Å². The van der Waals surface area contributed by atoms with E-state index in [-0.39, 0.29) is 0 Å². The molecule has 8 nitrogen and oxygen atoms in total. The van der Waals surface area contributed by atoms with Crippen molar-refractivity contribution in [2.24, 2.45) is 11.1 Å². The lowest BCUT2D eigenvalue weighted by atomic mass is 9.79. The quantitative estimate of drug-likeness (QED) is 0.611. The van der Waals surface area contributed by atoms with E-state index < -0.39 is 6.17 Å². The first-order valence-electron chi connectivity index (χ1n) is 11.0. The molecule has 0 aliphatic carbocycles. The summed E-state index contributed by atoms with van der Waals surface area (Å²) in [5.41, 5.74) is 10.1. The smallest absolute Gasteiger partial charge is 0.158 e. The second-order valence-corrected chi connectivity index (χ2v) is 9.32. The van der Waals surface area contributed by atoms with Crippen molar-refractivity contribution in [1.82, 2.24) is 20.1 Å². The standard InChI is InChI=1S/C24H28N8/c1-15-17(10-25)5-4-6-18(15)22(26)28-23-19-9-21(27-11-20(19)16(2)29-30-23)32-13-24(14-32)7-8-31(3)12-24/h4-6,9,11,22H,7-8,12-14,26H2,1-3H3,(H,28,30)/t22-/m0/s1. The van der Waals surface area contributed by atoms with Gasteiger partial charge >= 0.3 is 0 Å². The maximum absolute atomic E-state index is 9.34. The van der Waals surface area contributed by atoms with Crippen molar-refractivity contribution in [2.75, 3.05) is 43.4 Å². The number of nitrogens with one attached hydrogen (secondary N) is 1. The molecule has 5 rings (SSSR count). The molecule has 1 spiro atoms. The van der Waals surface area contributed by atoms with Crippen LogP contribution in [-0.2, 0) is 0 Å². The molecule has 1 aromatic carbocycles. The van der Waals surface area contributed by atoms with Crippen LogP contribution in [0.4, 0.5) is 11.6 Å². The van der Waals surface area contributed by atoms with Crippen LogP contribution in [0.2, 0.25) is 0 Å². The molecule has 0 radical (unpaired) electrons. The summed E-state index contributed by atoms with van der Waals surface area (Å²) in [6.07, 6.45) is 2.63. The Labute approximate surface area is 188 Å². The Balaban J connectivity index is 1.44. The predicted molar refractivity (Wildman–Crippen MR) is 125 cm³/mol. The van der Waals surface area contributed by atoms with Gasteiger partial charge in [-0.2, -0.15) is 10.4 Å².